The van der Waals surface area contributed by atoms with Crippen molar-refractivity contribution in [3.05, 3.63) is 112 Å². The molecule has 15 heteroatoms. The Bertz CT molecular complexity index is 1870. The first-order valence-electron chi connectivity index (χ1n) is 11.0. The van der Waals surface area contributed by atoms with Gasteiger partial charge in [-0.3, -0.25) is 0 Å². The molecule has 0 bridgehead atoms. The average molecular weight is 590 g/mol. The minimum atomic E-state index is -2.86. The lowest BCUT2D eigenvalue weighted by molar-refractivity contribution is 0.376. The van der Waals surface area contributed by atoms with E-state index in [0.29, 0.717) is 18.2 Å². The third-order valence-electron chi connectivity index (χ3n) is 5.99. The summed E-state index contributed by atoms with van der Waals surface area (Å²) in [5.74, 6) is -27.6. The third-order valence-corrected chi connectivity index (χ3v) is 5.99. The molecule has 5 aromatic rings. The fraction of sp³-hybridized carbons (Fsp3) is 0. The van der Waals surface area contributed by atoms with E-state index in [0.717, 1.165) is 24.3 Å². The van der Waals surface area contributed by atoms with E-state index < -0.39 is 115 Å². The van der Waals surface area contributed by atoms with E-state index in [1.54, 1.807) is 0 Å². The highest BCUT2D eigenvalue weighted by molar-refractivity contribution is 6.63. The Balaban J connectivity index is 1.77. The van der Waals surface area contributed by atoms with E-state index in [-0.39, 0.29) is 0 Å². The zero-order valence-electron chi connectivity index (χ0n) is 19.5. The molecule has 0 aliphatic rings. The van der Waals surface area contributed by atoms with Crippen molar-refractivity contribution in [1.29, 1.82) is 0 Å². The smallest absolute Gasteiger partial charge is 0.521 e. The Morgan fingerprint density at radius 2 is 0.927 bits per heavy atom. The Morgan fingerprint density at radius 3 is 1.59 bits per heavy atom. The molecular formula is C26H7BF12O2. The van der Waals surface area contributed by atoms with Crippen LogP contribution in [0.2, 0.25) is 0 Å². The molecule has 0 N–H and O–H groups in total. The summed E-state index contributed by atoms with van der Waals surface area (Å²) in [5.41, 5.74) is -1.86. The molecule has 0 atom stereocenters. The first-order valence-corrected chi connectivity index (χ1v) is 11.0. The molecule has 0 radical (unpaired) electrons. The molecule has 0 spiro atoms. The quantitative estimate of drug-likeness (QED) is 0.0914. The molecule has 5 aromatic carbocycles. The van der Waals surface area contributed by atoms with Crippen LogP contribution < -0.4 is 14.8 Å². The summed E-state index contributed by atoms with van der Waals surface area (Å²) in [4.78, 5) is 0. The van der Waals surface area contributed by atoms with Gasteiger partial charge in [0, 0.05) is 10.8 Å². The van der Waals surface area contributed by atoms with Crippen molar-refractivity contribution in [1.82, 2.24) is 0 Å². The predicted molar refractivity (Wildman–Crippen MR) is 120 cm³/mol. The molecule has 0 heterocycles. The van der Waals surface area contributed by atoms with Gasteiger partial charge in [0.1, 0.15) is 17.3 Å². The summed E-state index contributed by atoms with van der Waals surface area (Å²) < 4.78 is 181. The maximum Gasteiger partial charge on any atom is 0.639 e. The number of halogens is 12. The van der Waals surface area contributed by atoms with E-state index in [1.165, 1.54) is 0 Å². The molecule has 0 fully saturated rings. The molecule has 0 aliphatic carbocycles. The molecule has 0 amide bonds. The number of benzene rings is 5. The number of hydrogen-bond acceptors (Lipinski definition) is 2. The number of fused-ring (bicyclic) bond motifs is 2. The number of rotatable bonds is 5. The fourth-order valence-corrected chi connectivity index (χ4v) is 4.07. The average Bonchev–Trinajstić information content (AvgIpc) is 2.95. The Kier molecular flexibility index (Phi) is 6.91. The van der Waals surface area contributed by atoms with Crippen molar-refractivity contribution in [3.63, 3.8) is 0 Å². The second-order valence-corrected chi connectivity index (χ2v) is 8.32. The van der Waals surface area contributed by atoms with Gasteiger partial charge < -0.3 is 9.31 Å². The van der Waals surface area contributed by atoms with Crippen LogP contribution in [0.25, 0.3) is 21.5 Å². The van der Waals surface area contributed by atoms with Crippen molar-refractivity contribution in [3.8, 4) is 11.5 Å². The SMILES string of the molecule is Fc1ccc2c(OB(Oc3cccc4c(F)c(F)c(F)c(F)c34)c3c(F)c(F)c(F)c(F)c3F)ccc(F)c2c1F. The van der Waals surface area contributed by atoms with Crippen molar-refractivity contribution >= 4 is 34.1 Å². The van der Waals surface area contributed by atoms with Gasteiger partial charge in [-0.1, -0.05) is 12.1 Å². The van der Waals surface area contributed by atoms with Crippen LogP contribution in [0.1, 0.15) is 0 Å². The largest absolute Gasteiger partial charge is 0.639 e. The van der Waals surface area contributed by atoms with Crippen molar-refractivity contribution < 1.29 is 62.0 Å². The lowest BCUT2D eigenvalue weighted by Crippen LogP contribution is -2.47. The molecule has 5 rings (SSSR count). The lowest BCUT2D eigenvalue weighted by Gasteiger charge is -2.21. The van der Waals surface area contributed by atoms with Crippen molar-refractivity contribution in [2.45, 2.75) is 0 Å². The van der Waals surface area contributed by atoms with Gasteiger partial charge in [-0.2, -0.15) is 0 Å². The molecule has 0 unspecified atom stereocenters. The van der Waals surface area contributed by atoms with E-state index in [4.69, 9.17) is 9.31 Å². The summed E-state index contributed by atoms with van der Waals surface area (Å²) in [6.07, 6.45) is 0. The van der Waals surface area contributed by atoms with Crippen LogP contribution in [-0.2, 0) is 0 Å². The molecule has 0 aromatic heterocycles. The van der Waals surface area contributed by atoms with Gasteiger partial charge >= 0.3 is 7.12 Å². The highest BCUT2D eigenvalue weighted by Gasteiger charge is 2.40. The minimum absolute atomic E-state index is 0.498. The van der Waals surface area contributed by atoms with Gasteiger partial charge in [0.05, 0.1) is 16.2 Å². The third kappa shape index (κ3) is 4.35. The predicted octanol–water partition coefficient (Wildman–Crippen LogP) is 7.52. The van der Waals surface area contributed by atoms with E-state index in [2.05, 4.69) is 0 Å². The number of hydrogen-bond donors (Lipinski definition) is 0. The van der Waals surface area contributed by atoms with Gasteiger partial charge in [-0.05, 0) is 30.3 Å². The van der Waals surface area contributed by atoms with E-state index in [9.17, 15) is 52.7 Å². The standard InChI is InChI=1S/C26H7BF12O2/c28-10-6-7-12(8-4-5-11(29)18(31)14(8)10)40-27(16-20(33)24(37)26(39)25(38)21(16)34)41-13-3-1-2-9-15(13)19(32)23(36)22(35)17(9)30/h1-7H. The normalized spacial score (nSPS) is 11.4. The van der Waals surface area contributed by atoms with Crippen LogP contribution in [0.4, 0.5) is 52.7 Å². The van der Waals surface area contributed by atoms with Gasteiger partial charge in [-0.15, -0.1) is 0 Å². The Hall–Kier alpha value is -4.56. The van der Waals surface area contributed by atoms with Crippen LogP contribution >= 0.6 is 0 Å². The second kappa shape index (κ2) is 10.1. The summed E-state index contributed by atoms with van der Waals surface area (Å²) in [7, 11) is -2.86. The molecule has 210 valence electrons. The van der Waals surface area contributed by atoms with E-state index >= 15 is 0 Å². The highest BCUT2D eigenvalue weighted by atomic mass is 19.2. The fourth-order valence-electron chi connectivity index (χ4n) is 4.07. The van der Waals surface area contributed by atoms with Crippen molar-refractivity contribution in [2.24, 2.45) is 0 Å². The highest BCUT2D eigenvalue weighted by Crippen LogP contribution is 2.36. The molecule has 2 nitrogen and oxygen atoms in total. The van der Waals surface area contributed by atoms with Crippen LogP contribution in [0.15, 0.2) is 42.5 Å². The molecular weight excluding hydrogens is 583 g/mol. The summed E-state index contributed by atoms with van der Waals surface area (Å²) in [5, 5.41) is -3.79. The second-order valence-electron chi connectivity index (χ2n) is 8.32. The summed E-state index contributed by atoms with van der Waals surface area (Å²) >= 11 is 0. The van der Waals surface area contributed by atoms with Crippen LogP contribution in [-0.4, -0.2) is 7.12 Å². The molecule has 0 saturated carbocycles. The van der Waals surface area contributed by atoms with E-state index in [1.807, 2.05) is 0 Å². The zero-order chi connectivity index (χ0) is 29.9. The summed E-state index contributed by atoms with van der Waals surface area (Å²) in [6, 6.07) is 4.78. The van der Waals surface area contributed by atoms with Gasteiger partial charge in [0.15, 0.2) is 64.0 Å². The Labute approximate surface area is 220 Å². The van der Waals surface area contributed by atoms with Gasteiger partial charge in [0.2, 0.25) is 0 Å². The maximum atomic E-state index is 14.8. The van der Waals surface area contributed by atoms with Crippen LogP contribution in [0.3, 0.4) is 0 Å². The lowest BCUT2D eigenvalue weighted by atomic mass is 9.77. The first-order chi connectivity index (χ1) is 19.3. The zero-order valence-corrected chi connectivity index (χ0v) is 19.5. The van der Waals surface area contributed by atoms with Gasteiger partial charge in [-0.25, -0.2) is 52.7 Å². The van der Waals surface area contributed by atoms with Crippen LogP contribution in [0.5, 0.6) is 11.5 Å². The first kappa shape index (κ1) is 28.0. The molecule has 0 aliphatic heterocycles. The molecule has 0 saturated heterocycles. The molecule has 41 heavy (non-hydrogen) atoms. The topological polar surface area (TPSA) is 18.5 Å². The van der Waals surface area contributed by atoms with Crippen molar-refractivity contribution in [2.75, 3.05) is 0 Å². The van der Waals surface area contributed by atoms with Crippen LogP contribution in [0, 0.1) is 69.8 Å². The summed E-state index contributed by atoms with van der Waals surface area (Å²) in [6.45, 7) is 0. The minimum Gasteiger partial charge on any atom is -0.521 e. The van der Waals surface area contributed by atoms with Gasteiger partial charge in [0.25, 0.3) is 0 Å². The monoisotopic (exact) mass is 590 g/mol. The maximum absolute atomic E-state index is 14.8. The Morgan fingerprint density at radius 1 is 0.390 bits per heavy atom.